The van der Waals surface area contributed by atoms with Gasteiger partial charge in [-0.25, -0.2) is 0 Å². The number of rotatable bonds is 4. The summed E-state index contributed by atoms with van der Waals surface area (Å²) in [6, 6.07) is 0. The van der Waals surface area contributed by atoms with Crippen molar-refractivity contribution in [1.82, 2.24) is 0 Å². The van der Waals surface area contributed by atoms with E-state index in [1.54, 1.807) is 0 Å². The van der Waals surface area contributed by atoms with Crippen LogP contribution in [0, 0.1) is 40.4 Å². The predicted octanol–water partition coefficient (Wildman–Crippen LogP) is 3.75. The fourth-order valence-corrected chi connectivity index (χ4v) is 8.15. The molecule has 158 valence electrons. The van der Waals surface area contributed by atoms with Crippen molar-refractivity contribution in [2.45, 2.75) is 78.4 Å². The summed E-state index contributed by atoms with van der Waals surface area (Å²) in [4.78, 5) is 12.0. The van der Waals surface area contributed by atoms with Gasteiger partial charge >= 0.3 is 0 Å². The Morgan fingerprint density at radius 1 is 1.25 bits per heavy atom. The molecular formula is C24H38O4. The second-order valence-electron chi connectivity index (χ2n) is 10.5. The lowest BCUT2D eigenvalue weighted by Gasteiger charge is -2.62. The second kappa shape index (κ2) is 7.21. The van der Waals surface area contributed by atoms with E-state index in [9.17, 15) is 9.90 Å². The van der Waals surface area contributed by atoms with Gasteiger partial charge in [0, 0.05) is 6.42 Å². The highest BCUT2D eigenvalue weighted by Gasteiger charge is 2.65. The summed E-state index contributed by atoms with van der Waals surface area (Å²) in [6.07, 6.45) is 7.67. The predicted molar refractivity (Wildman–Crippen MR) is 109 cm³/mol. The largest absolute Gasteiger partial charge is 0.394 e. The maximum absolute atomic E-state index is 12.0. The lowest BCUT2D eigenvalue weighted by atomic mass is 9.43. The average Bonchev–Trinajstić information content (AvgIpc) is 3.02. The highest BCUT2D eigenvalue weighted by molar-refractivity contribution is 5.91. The summed E-state index contributed by atoms with van der Waals surface area (Å²) in [7, 11) is 0. The molecule has 0 saturated heterocycles. The molecule has 4 aliphatic rings. The number of carbonyl (C=O) groups is 1. The van der Waals surface area contributed by atoms with E-state index < -0.39 is 0 Å². The van der Waals surface area contributed by atoms with Gasteiger partial charge in [0.05, 0.1) is 25.4 Å². The van der Waals surface area contributed by atoms with Crippen molar-refractivity contribution < 1.29 is 19.7 Å². The molecule has 4 heteroatoms. The number of fused-ring (bicyclic) bond motifs is 5. The SMILES string of the molecule is CC(OCCO)[C@H]1CC[C@H]2[C@@H]3CCC4=CC(=O)CC[C@]4(C)[C@H]3C(O)C(C)[C@]12C. The number of hydrogen-bond acceptors (Lipinski definition) is 4. The van der Waals surface area contributed by atoms with E-state index in [0.29, 0.717) is 30.8 Å². The first-order chi connectivity index (χ1) is 13.2. The number of carbonyl (C=O) groups excluding carboxylic acids is 1. The highest BCUT2D eigenvalue weighted by atomic mass is 16.5. The first kappa shape index (κ1) is 20.6. The van der Waals surface area contributed by atoms with Crippen LogP contribution in [0.3, 0.4) is 0 Å². The molecule has 9 atom stereocenters. The van der Waals surface area contributed by atoms with Gasteiger partial charge in [-0.05, 0) is 85.5 Å². The molecule has 4 rings (SSSR count). The van der Waals surface area contributed by atoms with Crippen LogP contribution in [0.25, 0.3) is 0 Å². The second-order valence-corrected chi connectivity index (χ2v) is 10.5. The normalized spacial score (nSPS) is 49.1. The van der Waals surface area contributed by atoms with Crippen LogP contribution in [0.5, 0.6) is 0 Å². The van der Waals surface area contributed by atoms with Crippen LogP contribution in [0.2, 0.25) is 0 Å². The average molecular weight is 391 g/mol. The lowest BCUT2D eigenvalue weighted by Crippen LogP contribution is -2.61. The van der Waals surface area contributed by atoms with Gasteiger partial charge in [0.2, 0.25) is 0 Å². The van der Waals surface area contributed by atoms with E-state index in [1.807, 2.05) is 6.08 Å². The maximum atomic E-state index is 12.0. The molecule has 4 nitrogen and oxygen atoms in total. The summed E-state index contributed by atoms with van der Waals surface area (Å²) >= 11 is 0. The molecule has 0 aromatic carbocycles. The third-order valence-electron chi connectivity index (χ3n) is 9.71. The minimum Gasteiger partial charge on any atom is -0.394 e. The van der Waals surface area contributed by atoms with E-state index in [1.165, 1.54) is 12.0 Å². The van der Waals surface area contributed by atoms with E-state index in [4.69, 9.17) is 9.84 Å². The molecule has 0 radical (unpaired) electrons. The summed E-state index contributed by atoms with van der Waals surface area (Å²) in [5.74, 6) is 2.30. The van der Waals surface area contributed by atoms with Gasteiger partial charge in [0.1, 0.15) is 0 Å². The van der Waals surface area contributed by atoms with E-state index in [0.717, 1.165) is 25.7 Å². The van der Waals surface area contributed by atoms with Gasteiger partial charge < -0.3 is 14.9 Å². The Hall–Kier alpha value is -0.710. The fourth-order valence-electron chi connectivity index (χ4n) is 8.15. The molecule has 4 aliphatic carbocycles. The monoisotopic (exact) mass is 390 g/mol. The van der Waals surface area contributed by atoms with Gasteiger partial charge in [-0.15, -0.1) is 0 Å². The standard InChI is InChI=1S/C24H38O4/c1-14-22(27)21-18(6-5-16-13-17(26)9-10-23(16,21)3)20-8-7-19(24(14,20)4)15(2)28-12-11-25/h13-15,18-22,25,27H,5-12H2,1-4H3/t14?,15?,18-,19+,20-,21+,22?,23-,24+/m0/s1. The Balaban J connectivity index is 1.67. The van der Waals surface area contributed by atoms with Crippen LogP contribution in [0.15, 0.2) is 11.6 Å². The van der Waals surface area contributed by atoms with Gasteiger partial charge in [0.15, 0.2) is 5.78 Å². The zero-order valence-corrected chi connectivity index (χ0v) is 18.0. The van der Waals surface area contributed by atoms with Gasteiger partial charge in [0.25, 0.3) is 0 Å². The van der Waals surface area contributed by atoms with Crippen molar-refractivity contribution in [3.63, 3.8) is 0 Å². The summed E-state index contributed by atoms with van der Waals surface area (Å²) in [5, 5.41) is 20.8. The molecule has 3 fully saturated rings. The van der Waals surface area contributed by atoms with Crippen molar-refractivity contribution in [3.05, 3.63) is 11.6 Å². The van der Waals surface area contributed by atoms with Crippen molar-refractivity contribution in [1.29, 1.82) is 0 Å². The van der Waals surface area contributed by atoms with Crippen molar-refractivity contribution in [2.24, 2.45) is 40.4 Å². The smallest absolute Gasteiger partial charge is 0.155 e. The number of aliphatic hydroxyl groups excluding tert-OH is 2. The van der Waals surface area contributed by atoms with Crippen LogP contribution < -0.4 is 0 Å². The first-order valence-corrected chi connectivity index (χ1v) is 11.4. The quantitative estimate of drug-likeness (QED) is 0.767. The molecule has 0 bridgehead atoms. The minimum atomic E-state index is -0.334. The molecule has 0 aromatic rings. The fraction of sp³-hybridized carbons (Fsp3) is 0.875. The third kappa shape index (κ3) is 2.78. The molecule has 0 heterocycles. The molecule has 0 spiro atoms. The van der Waals surface area contributed by atoms with E-state index >= 15 is 0 Å². The van der Waals surface area contributed by atoms with Crippen LogP contribution in [-0.4, -0.2) is 41.4 Å². The zero-order chi connectivity index (χ0) is 20.3. The van der Waals surface area contributed by atoms with E-state index in [2.05, 4.69) is 27.7 Å². The van der Waals surface area contributed by atoms with Crippen LogP contribution in [0.1, 0.15) is 66.2 Å². The summed E-state index contributed by atoms with van der Waals surface area (Å²) in [5.41, 5.74) is 1.34. The minimum absolute atomic E-state index is 0.0249. The first-order valence-electron chi connectivity index (χ1n) is 11.4. The Morgan fingerprint density at radius 2 is 2.00 bits per heavy atom. The summed E-state index contributed by atoms with van der Waals surface area (Å²) in [6.45, 7) is 9.57. The van der Waals surface area contributed by atoms with Crippen molar-refractivity contribution in [2.75, 3.05) is 13.2 Å². The van der Waals surface area contributed by atoms with E-state index in [-0.39, 0.29) is 47.3 Å². The summed E-state index contributed by atoms with van der Waals surface area (Å²) < 4.78 is 5.95. The van der Waals surface area contributed by atoms with Gasteiger partial charge in [-0.2, -0.15) is 0 Å². The number of ether oxygens (including phenoxy) is 1. The highest BCUT2D eigenvalue weighted by Crippen LogP contribution is 2.68. The molecule has 2 N–H and O–H groups in total. The van der Waals surface area contributed by atoms with Crippen molar-refractivity contribution >= 4 is 5.78 Å². The Labute approximate surface area is 169 Å². The molecule has 3 unspecified atom stereocenters. The van der Waals surface area contributed by atoms with Crippen LogP contribution in [0.4, 0.5) is 0 Å². The number of allylic oxidation sites excluding steroid dienone is 1. The van der Waals surface area contributed by atoms with Gasteiger partial charge in [-0.1, -0.05) is 26.3 Å². The Kier molecular flexibility index (Phi) is 5.29. The van der Waals surface area contributed by atoms with Crippen LogP contribution in [-0.2, 0) is 9.53 Å². The lowest BCUT2D eigenvalue weighted by molar-refractivity contribution is -0.178. The molecule has 0 amide bonds. The molecule has 28 heavy (non-hydrogen) atoms. The number of ketones is 1. The third-order valence-corrected chi connectivity index (χ3v) is 9.71. The van der Waals surface area contributed by atoms with Crippen LogP contribution >= 0.6 is 0 Å². The molecular weight excluding hydrogens is 352 g/mol. The maximum Gasteiger partial charge on any atom is 0.155 e. The van der Waals surface area contributed by atoms with Gasteiger partial charge in [-0.3, -0.25) is 4.79 Å². The molecule has 0 aromatic heterocycles. The Bertz CT molecular complexity index is 657. The Morgan fingerprint density at radius 3 is 2.71 bits per heavy atom. The molecule has 3 saturated carbocycles. The topological polar surface area (TPSA) is 66.8 Å². The number of hydrogen-bond donors (Lipinski definition) is 2. The number of aliphatic hydroxyl groups is 2. The molecule has 0 aliphatic heterocycles. The van der Waals surface area contributed by atoms with Crippen molar-refractivity contribution in [3.8, 4) is 0 Å². The zero-order valence-electron chi connectivity index (χ0n) is 18.0.